The minimum atomic E-state index is -0.397. The van der Waals surface area contributed by atoms with Crippen molar-refractivity contribution >= 4 is 17.6 Å². The Labute approximate surface area is 119 Å². The van der Waals surface area contributed by atoms with Gasteiger partial charge in [0.25, 0.3) is 0 Å². The summed E-state index contributed by atoms with van der Waals surface area (Å²) in [7, 11) is 3.75. The zero-order valence-electron chi connectivity index (χ0n) is 11.3. The number of carbonyl (C=O) groups is 1. The van der Waals surface area contributed by atoms with E-state index >= 15 is 0 Å². The Kier molecular flexibility index (Phi) is 6.62. The highest BCUT2D eigenvalue weighted by Crippen LogP contribution is 2.27. The standard InChI is InChI=1S/C11H14ClN3O.C2H7N/c12-9-4-2-1-3-8(9)10-7-14-5-6-15(10)11(13)16;1-3-2/h1-4,10,14H,5-7H2,(H2,13,16);3H,1-2H3. The van der Waals surface area contributed by atoms with E-state index in [2.05, 4.69) is 10.6 Å². The molecule has 1 heterocycles. The van der Waals surface area contributed by atoms with Gasteiger partial charge < -0.3 is 21.3 Å². The third-order valence-electron chi connectivity index (χ3n) is 2.79. The number of nitrogens with zero attached hydrogens (tertiary/aromatic N) is 1. The van der Waals surface area contributed by atoms with Gasteiger partial charge in [-0.15, -0.1) is 0 Å². The molecule has 2 rings (SSSR count). The second-order valence-electron chi connectivity index (χ2n) is 4.27. The summed E-state index contributed by atoms with van der Waals surface area (Å²) >= 11 is 6.12. The lowest BCUT2D eigenvalue weighted by Crippen LogP contribution is -2.50. The van der Waals surface area contributed by atoms with E-state index in [0.29, 0.717) is 18.1 Å². The Morgan fingerprint density at radius 2 is 2.11 bits per heavy atom. The highest BCUT2D eigenvalue weighted by molar-refractivity contribution is 6.31. The van der Waals surface area contributed by atoms with Gasteiger partial charge in [-0.1, -0.05) is 29.8 Å². The number of urea groups is 1. The quantitative estimate of drug-likeness (QED) is 0.726. The largest absolute Gasteiger partial charge is 0.351 e. The lowest BCUT2D eigenvalue weighted by Gasteiger charge is -2.35. The molecule has 1 aromatic carbocycles. The van der Waals surface area contributed by atoms with Crippen molar-refractivity contribution in [3.05, 3.63) is 34.9 Å². The fourth-order valence-electron chi connectivity index (χ4n) is 1.99. The molecule has 1 unspecified atom stereocenters. The fourth-order valence-corrected chi connectivity index (χ4v) is 2.25. The van der Waals surface area contributed by atoms with Crippen LogP contribution in [-0.4, -0.2) is 44.7 Å². The average Bonchev–Trinajstić information content (AvgIpc) is 2.40. The maximum absolute atomic E-state index is 11.3. The first kappa shape index (κ1) is 15.8. The Morgan fingerprint density at radius 1 is 1.47 bits per heavy atom. The van der Waals surface area contributed by atoms with Crippen LogP contribution >= 0.6 is 11.6 Å². The number of carbonyl (C=O) groups excluding carboxylic acids is 1. The van der Waals surface area contributed by atoms with Gasteiger partial charge in [0, 0.05) is 24.7 Å². The summed E-state index contributed by atoms with van der Waals surface area (Å²) in [6.07, 6.45) is 0. The molecule has 1 aliphatic heterocycles. The van der Waals surface area contributed by atoms with Crippen LogP contribution in [0.4, 0.5) is 4.79 Å². The number of halogens is 1. The monoisotopic (exact) mass is 284 g/mol. The summed E-state index contributed by atoms with van der Waals surface area (Å²) in [6.45, 7) is 2.07. The molecular weight excluding hydrogens is 264 g/mol. The van der Waals surface area contributed by atoms with Gasteiger partial charge in [0.15, 0.2) is 0 Å². The van der Waals surface area contributed by atoms with Crippen LogP contribution in [0.25, 0.3) is 0 Å². The Hall–Kier alpha value is -1.30. The van der Waals surface area contributed by atoms with Crippen molar-refractivity contribution in [3.63, 3.8) is 0 Å². The van der Waals surface area contributed by atoms with E-state index in [1.807, 2.05) is 38.4 Å². The van der Waals surface area contributed by atoms with Crippen LogP contribution in [0.1, 0.15) is 11.6 Å². The Balaban J connectivity index is 0.000000550. The van der Waals surface area contributed by atoms with E-state index in [4.69, 9.17) is 17.3 Å². The normalized spacial score (nSPS) is 18.5. The fraction of sp³-hybridized carbons (Fsp3) is 0.462. The summed E-state index contributed by atoms with van der Waals surface area (Å²) in [5.74, 6) is 0. The second kappa shape index (κ2) is 7.99. The lowest BCUT2D eigenvalue weighted by molar-refractivity contribution is 0.167. The third-order valence-corrected chi connectivity index (χ3v) is 3.13. The van der Waals surface area contributed by atoms with E-state index in [-0.39, 0.29) is 6.04 Å². The number of amides is 2. The zero-order chi connectivity index (χ0) is 14.3. The van der Waals surface area contributed by atoms with Gasteiger partial charge in [-0.3, -0.25) is 0 Å². The highest BCUT2D eigenvalue weighted by atomic mass is 35.5. The highest BCUT2D eigenvalue weighted by Gasteiger charge is 2.27. The van der Waals surface area contributed by atoms with Gasteiger partial charge in [0.05, 0.1) is 6.04 Å². The minimum absolute atomic E-state index is 0.0695. The minimum Gasteiger partial charge on any atom is -0.351 e. The molecule has 1 saturated heterocycles. The van der Waals surface area contributed by atoms with Crippen molar-refractivity contribution < 1.29 is 4.79 Å². The van der Waals surface area contributed by atoms with Crippen molar-refractivity contribution in [2.75, 3.05) is 33.7 Å². The molecule has 0 radical (unpaired) electrons. The van der Waals surface area contributed by atoms with Crippen LogP contribution in [0.15, 0.2) is 24.3 Å². The van der Waals surface area contributed by atoms with Crippen molar-refractivity contribution in [1.82, 2.24) is 15.5 Å². The maximum Gasteiger partial charge on any atom is 0.315 e. The topological polar surface area (TPSA) is 70.4 Å². The molecule has 2 amide bonds. The van der Waals surface area contributed by atoms with Gasteiger partial charge in [0.2, 0.25) is 0 Å². The van der Waals surface area contributed by atoms with Crippen LogP contribution in [0.3, 0.4) is 0 Å². The van der Waals surface area contributed by atoms with Crippen LogP contribution < -0.4 is 16.4 Å². The van der Waals surface area contributed by atoms with E-state index in [1.165, 1.54) is 0 Å². The SMILES string of the molecule is CNC.NC(=O)N1CCNCC1c1ccccc1Cl. The number of hydrogen-bond donors (Lipinski definition) is 3. The van der Waals surface area contributed by atoms with E-state index in [0.717, 1.165) is 12.1 Å². The van der Waals surface area contributed by atoms with Gasteiger partial charge in [0.1, 0.15) is 0 Å². The summed E-state index contributed by atoms with van der Waals surface area (Å²) in [5.41, 5.74) is 6.30. The van der Waals surface area contributed by atoms with Gasteiger partial charge in [-0.25, -0.2) is 4.79 Å². The molecule has 5 nitrogen and oxygen atoms in total. The molecule has 1 atom stereocenters. The number of hydrogen-bond acceptors (Lipinski definition) is 3. The predicted octanol–water partition coefficient (Wildman–Crippen LogP) is 1.20. The molecule has 4 N–H and O–H groups in total. The van der Waals surface area contributed by atoms with Crippen molar-refractivity contribution in [2.45, 2.75) is 6.04 Å². The average molecular weight is 285 g/mol. The zero-order valence-corrected chi connectivity index (χ0v) is 12.1. The first-order valence-electron chi connectivity index (χ1n) is 6.21. The molecule has 0 aromatic heterocycles. The number of benzene rings is 1. The molecule has 1 aromatic rings. The van der Waals surface area contributed by atoms with Crippen LogP contribution in [0.5, 0.6) is 0 Å². The van der Waals surface area contributed by atoms with Crippen LogP contribution in [0, 0.1) is 0 Å². The Morgan fingerprint density at radius 3 is 2.68 bits per heavy atom. The van der Waals surface area contributed by atoms with Crippen molar-refractivity contribution in [3.8, 4) is 0 Å². The molecule has 1 fully saturated rings. The van der Waals surface area contributed by atoms with Gasteiger partial charge in [-0.05, 0) is 25.7 Å². The maximum atomic E-state index is 11.3. The first-order chi connectivity index (χ1) is 9.11. The van der Waals surface area contributed by atoms with Crippen molar-refractivity contribution in [1.29, 1.82) is 0 Å². The molecule has 106 valence electrons. The molecular formula is C13H21ClN4O. The summed E-state index contributed by atoms with van der Waals surface area (Å²) in [4.78, 5) is 13.0. The molecule has 0 spiro atoms. The van der Waals surface area contributed by atoms with E-state index < -0.39 is 6.03 Å². The number of nitrogens with one attached hydrogen (secondary N) is 2. The Bertz CT molecular complexity index is 413. The van der Waals surface area contributed by atoms with Gasteiger partial charge >= 0.3 is 6.03 Å². The summed E-state index contributed by atoms with van der Waals surface area (Å²) < 4.78 is 0. The number of piperazine rings is 1. The van der Waals surface area contributed by atoms with Crippen LogP contribution in [0.2, 0.25) is 5.02 Å². The summed E-state index contributed by atoms with van der Waals surface area (Å²) in [6, 6.07) is 7.07. The lowest BCUT2D eigenvalue weighted by atomic mass is 10.0. The third kappa shape index (κ3) is 4.38. The molecule has 0 aliphatic carbocycles. The van der Waals surface area contributed by atoms with E-state index in [9.17, 15) is 4.79 Å². The predicted molar refractivity (Wildman–Crippen MR) is 78.3 cm³/mol. The molecule has 0 bridgehead atoms. The molecule has 1 aliphatic rings. The second-order valence-corrected chi connectivity index (χ2v) is 4.68. The smallest absolute Gasteiger partial charge is 0.315 e. The molecule has 0 saturated carbocycles. The molecule has 6 heteroatoms. The molecule has 19 heavy (non-hydrogen) atoms. The van der Waals surface area contributed by atoms with Crippen LogP contribution in [-0.2, 0) is 0 Å². The first-order valence-corrected chi connectivity index (χ1v) is 6.59. The van der Waals surface area contributed by atoms with E-state index in [1.54, 1.807) is 4.90 Å². The number of rotatable bonds is 1. The van der Waals surface area contributed by atoms with Gasteiger partial charge in [-0.2, -0.15) is 0 Å². The summed E-state index contributed by atoms with van der Waals surface area (Å²) in [5, 5.41) is 6.66. The number of primary amides is 1. The number of nitrogens with two attached hydrogens (primary N) is 1. The van der Waals surface area contributed by atoms with Crippen molar-refractivity contribution in [2.24, 2.45) is 5.73 Å².